The van der Waals surface area contributed by atoms with Crippen molar-refractivity contribution in [3.05, 3.63) is 139 Å². The van der Waals surface area contributed by atoms with Gasteiger partial charge in [0.1, 0.15) is 5.54 Å². The maximum atomic E-state index is 5.12. The van der Waals surface area contributed by atoms with E-state index in [2.05, 4.69) is 137 Å². The van der Waals surface area contributed by atoms with Gasteiger partial charge in [0.15, 0.2) is 0 Å². The maximum absolute atomic E-state index is 5.12. The predicted octanol–water partition coefficient (Wildman–Crippen LogP) is 6.77. The van der Waals surface area contributed by atoms with E-state index in [0.717, 1.165) is 49.2 Å². The molecule has 0 N–H and O–H groups in total. The lowest BCUT2D eigenvalue weighted by Crippen LogP contribution is -2.44. The second-order valence-electron chi connectivity index (χ2n) is 11.2. The zero-order valence-electron chi connectivity index (χ0n) is 23.5. The number of anilines is 1. The predicted molar refractivity (Wildman–Crippen MR) is 168 cm³/mol. The molecule has 1 unspecified atom stereocenters. The number of fused-ring (bicyclic) bond motifs is 1. The highest BCUT2D eigenvalue weighted by Crippen LogP contribution is 2.44. The van der Waals surface area contributed by atoms with Crippen molar-refractivity contribution in [2.24, 2.45) is 5.92 Å². The van der Waals surface area contributed by atoms with E-state index in [1.807, 2.05) is 12.4 Å². The van der Waals surface area contributed by atoms with E-state index in [-0.39, 0.29) is 5.92 Å². The van der Waals surface area contributed by atoms with Gasteiger partial charge < -0.3 is 9.80 Å². The molecule has 5 heteroatoms. The van der Waals surface area contributed by atoms with Gasteiger partial charge in [0.2, 0.25) is 0 Å². The molecule has 1 atom stereocenters. The van der Waals surface area contributed by atoms with Gasteiger partial charge in [0.25, 0.3) is 0 Å². The van der Waals surface area contributed by atoms with Crippen molar-refractivity contribution in [3.63, 3.8) is 0 Å². The lowest BCUT2D eigenvalue weighted by Gasteiger charge is -2.41. The minimum Gasteiger partial charge on any atom is -0.368 e. The van der Waals surface area contributed by atoms with E-state index in [4.69, 9.17) is 10.1 Å². The number of nitrogens with zero attached hydrogens (tertiary/aromatic N) is 5. The summed E-state index contributed by atoms with van der Waals surface area (Å²) in [7, 11) is 2.20. The zero-order valence-corrected chi connectivity index (χ0v) is 23.5. The Morgan fingerprint density at radius 2 is 1.51 bits per heavy atom. The molecule has 1 aliphatic carbocycles. The smallest absolute Gasteiger partial charge is 0.119 e. The van der Waals surface area contributed by atoms with Crippen LogP contribution >= 0.6 is 0 Å². The summed E-state index contributed by atoms with van der Waals surface area (Å²) >= 11 is 0. The fourth-order valence-corrected chi connectivity index (χ4v) is 6.60. The van der Waals surface area contributed by atoms with E-state index >= 15 is 0 Å². The molecule has 0 bridgehead atoms. The summed E-state index contributed by atoms with van der Waals surface area (Å²) in [6, 6.07) is 30.5. The first-order chi connectivity index (χ1) is 20.2. The number of benzene rings is 3. The molecule has 0 radical (unpaired) electrons. The number of likely N-dealkylation sites (N-methyl/N-ethyl adjacent to an activating group) is 1. The Morgan fingerprint density at radius 1 is 0.780 bits per heavy atom. The molecule has 204 valence electrons. The largest absolute Gasteiger partial charge is 0.368 e. The van der Waals surface area contributed by atoms with Gasteiger partial charge in [-0.25, -0.2) is 0 Å². The third-order valence-corrected chi connectivity index (χ3v) is 8.78. The normalized spacial score (nSPS) is 17.8. The number of rotatable bonds is 6. The average Bonchev–Trinajstić information content (AvgIpc) is 3.54. The molecule has 7 rings (SSSR count). The van der Waals surface area contributed by atoms with Crippen LogP contribution < -0.4 is 4.90 Å². The lowest BCUT2D eigenvalue weighted by atomic mass is 9.70. The van der Waals surface area contributed by atoms with E-state index in [1.54, 1.807) is 0 Å². The van der Waals surface area contributed by atoms with E-state index < -0.39 is 5.54 Å². The van der Waals surface area contributed by atoms with Crippen molar-refractivity contribution in [3.8, 4) is 11.1 Å². The van der Waals surface area contributed by atoms with Gasteiger partial charge >= 0.3 is 0 Å². The van der Waals surface area contributed by atoms with E-state index in [1.165, 1.54) is 22.2 Å². The van der Waals surface area contributed by atoms with Crippen molar-refractivity contribution >= 4 is 16.6 Å². The molecule has 5 nitrogen and oxygen atoms in total. The Labute approximate surface area is 242 Å². The molecule has 0 saturated carbocycles. The molecule has 5 aromatic rings. The Kier molecular flexibility index (Phi) is 6.73. The number of allylic oxidation sites excluding steroid dienone is 4. The lowest BCUT2D eigenvalue weighted by molar-refractivity contribution is 0.293. The third-order valence-electron chi connectivity index (χ3n) is 8.78. The average molecular weight is 538 g/mol. The first kappa shape index (κ1) is 25.5. The van der Waals surface area contributed by atoms with Crippen LogP contribution in [0.25, 0.3) is 22.0 Å². The van der Waals surface area contributed by atoms with Gasteiger partial charge in [-0.1, -0.05) is 91.0 Å². The molecule has 41 heavy (non-hydrogen) atoms. The zero-order chi connectivity index (χ0) is 27.6. The quantitative estimate of drug-likeness (QED) is 0.239. The van der Waals surface area contributed by atoms with Gasteiger partial charge in [-0.15, -0.1) is 0 Å². The first-order valence-corrected chi connectivity index (χ1v) is 14.6. The molecule has 3 aromatic carbocycles. The molecule has 0 amide bonds. The highest BCUT2D eigenvalue weighted by atomic mass is 15.3. The van der Waals surface area contributed by atoms with E-state index in [0.29, 0.717) is 0 Å². The summed E-state index contributed by atoms with van der Waals surface area (Å²) in [5.41, 5.74) is 6.51. The van der Waals surface area contributed by atoms with Crippen LogP contribution in [0.5, 0.6) is 0 Å². The summed E-state index contributed by atoms with van der Waals surface area (Å²) in [4.78, 5) is 9.59. The van der Waals surface area contributed by atoms with Crippen molar-refractivity contribution in [1.82, 2.24) is 19.7 Å². The van der Waals surface area contributed by atoms with Gasteiger partial charge in [0.05, 0.1) is 11.7 Å². The summed E-state index contributed by atoms with van der Waals surface area (Å²) in [6.07, 6.45) is 16.1. The van der Waals surface area contributed by atoms with Crippen LogP contribution in [0.4, 0.5) is 5.69 Å². The molecule has 2 aromatic heterocycles. The molecular formula is C36H35N5. The van der Waals surface area contributed by atoms with Crippen molar-refractivity contribution in [2.75, 3.05) is 38.1 Å². The minimum atomic E-state index is -0.495. The Hall–Kier alpha value is -4.48. The second kappa shape index (κ2) is 10.8. The molecule has 3 heterocycles. The summed E-state index contributed by atoms with van der Waals surface area (Å²) in [5.74, 6) is 0.203. The molecule has 1 fully saturated rings. The SMILES string of the molecule is CN1CCN(c2ccnc3ccc(-c4cnn(C(c5ccccc5)(c5ccccc5)C5C=CC=CC5)c4)cc23)CC1. The second-order valence-corrected chi connectivity index (χ2v) is 11.2. The fraction of sp³-hybridized carbons (Fsp3) is 0.222. The number of hydrogen-bond acceptors (Lipinski definition) is 4. The van der Waals surface area contributed by atoms with Crippen LogP contribution in [-0.4, -0.2) is 52.9 Å². The topological polar surface area (TPSA) is 37.2 Å². The number of hydrogen-bond donors (Lipinski definition) is 0. The van der Waals surface area contributed by atoms with E-state index in [9.17, 15) is 0 Å². The Balaban J connectivity index is 1.36. The Bertz CT molecular complexity index is 1650. The fourth-order valence-electron chi connectivity index (χ4n) is 6.60. The van der Waals surface area contributed by atoms with Crippen LogP contribution in [0.2, 0.25) is 0 Å². The molecule has 0 spiro atoms. The third kappa shape index (κ3) is 4.56. The molecule has 1 saturated heterocycles. The van der Waals surface area contributed by atoms with Crippen LogP contribution in [0.3, 0.4) is 0 Å². The highest BCUT2D eigenvalue weighted by Gasteiger charge is 2.43. The number of pyridine rings is 1. The maximum Gasteiger partial charge on any atom is 0.119 e. The van der Waals surface area contributed by atoms with Crippen LogP contribution in [0.15, 0.2) is 128 Å². The van der Waals surface area contributed by atoms with Gasteiger partial charge in [-0.05, 0) is 48.4 Å². The van der Waals surface area contributed by atoms with Crippen molar-refractivity contribution in [2.45, 2.75) is 12.0 Å². The number of aromatic nitrogens is 3. The van der Waals surface area contributed by atoms with Gasteiger partial charge in [-0.3, -0.25) is 9.67 Å². The summed E-state index contributed by atoms with van der Waals surface area (Å²) in [6.45, 7) is 4.19. The van der Waals surface area contributed by atoms with Gasteiger partial charge in [-0.2, -0.15) is 5.10 Å². The van der Waals surface area contributed by atoms with Crippen LogP contribution in [-0.2, 0) is 5.54 Å². The molecule has 2 aliphatic rings. The van der Waals surface area contributed by atoms with Crippen molar-refractivity contribution in [1.29, 1.82) is 0 Å². The van der Waals surface area contributed by atoms with Crippen LogP contribution in [0, 0.1) is 5.92 Å². The standard InChI is InChI=1S/C36H35N5/c1-39-21-23-40(24-22-39)35-19-20-37-34-18-17-28(25-33(34)35)29-26-38-41(27-29)36(30-11-5-2-6-12-30,31-13-7-3-8-14-31)32-15-9-4-10-16-32/h2-15,17-20,25-27,32H,16,21-24H2,1H3. The summed E-state index contributed by atoms with van der Waals surface area (Å²) in [5, 5.41) is 6.32. The van der Waals surface area contributed by atoms with Gasteiger partial charge in [0, 0.05) is 61.1 Å². The summed E-state index contributed by atoms with van der Waals surface area (Å²) < 4.78 is 2.20. The highest BCUT2D eigenvalue weighted by molar-refractivity contribution is 5.94. The van der Waals surface area contributed by atoms with Crippen molar-refractivity contribution < 1.29 is 0 Å². The molecule has 1 aliphatic heterocycles. The minimum absolute atomic E-state index is 0.203. The Morgan fingerprint density at radius 3 is 2.20 bits per heavy atom. The molecular weight excluding hydrogens is 502 g/mol. The first-order valence-electron chi connectivity index (χ1n) is 14.6. The monoisotopic (exact) mass is 537 g/mol. The van der Waals surface area contributed by atoms with Crippen LogP contribution in [0.1, 0.15) is 17.5 Å². The number of piperazine rings is 1.